The first-order valence-electron chi connectivity index (χ1n) is 7.42. The van der Waals surface area contributed by atoms with Crippen LogP contribution in [0, 0.1) is 0 Å². The van der Waals surface area contributed by atoms with Gasteiger partial charge in [0.05, 0.1) is 13.2 Å². The van der Waals surface area contributed by atoms with Crippen LogP contribution in [0.4, 0.5) is 0 Å². The molecule has 0 saturated carbocycles. The molecule has 22 heavy (non-hydrogen) atoms. The Morgan fingerprint density at radius 3 is 2.09 bits per heavy atom. The van der Waals surface area contributed by atoms with Crippen LogP contribution in [0.2, 0.25) is 0 Å². The molecule has 0 radical (unpaired) electrons. The second-order valence-corrected chi connectivity index (χ2v) is 5.08. The number of rotatable bonds is 8. The number of hydrogen-bond acceptors (Lipinski definition) is 3. The monoisotopic (exact) mass is 321 g/mol. The van der Waals surface area contributed by atoms with Gasteiger partial charge in [0.15, 0.2) is 0 Å². The van der Waals surface area contributed by atoms with E-state index in [2.05, 4.69) is 0 Å². The molecular weight excluding hydrogens is 298 g/mol. The highest BCUT2D eigenvalue weighted by Gasteiger charge is 2.01. The second kappa shape index (κ2) is 10.1. The predicted molar refractivity (Wildman–Crippen MR) is 93.0 cm³/mol. The first kappa shape index (κ1) is 18.3. The molecule has 0 aromatic heterocycles. The molecule has 4 heteroatoms. The number of benzene rings is 2. The first-order chi connectivity index (χ1) is 10.3. The Balaban J connectivity index is 0.00000242. The van der Waals surface area contributed by atoms with Crippen LogP contribution < -0.4 is 15.2 Å². The standard InChI is InChI=1S/C18H23NO2.ClH/c1-15(19)16-8-7-11-18(14-16)21-13-6-5-12-20-17-9-3-2-4-10-17;/h2-4,7-11,14-15H,5-6,12-13,19H2,1H3;1H. The van der Waals surface area contributed by atoms with Crippen molar-refractivity contribution in [3.8, 4) is 11.5 Å². The van der Waals surface area contributed by atoms with Gasteiger partial charge >= 0.3 is 0 Å². The lowest BCUT2D eigenvalue weighted by molar-refractivity contribution is 0.266. The van der Waals surface area contributed by atoms with Gasteiger partial charge in [0.25, 0.3) is 0 Å². The highest BCUT2D eigenvalue weighted by Crippen LogP contribution is 2.17. The zero-order valence-electron chi connectivity index (χ0n) is 12.9. The third-order valence-electron chi connectivity index (χ3n) is 3.20. The van der Waals surface area contributed by atoms with Crippen molar-refractivity contribution in [1.82, 2.24) is 0 Å². The van der Waals surface area contributed by atoms with Crippen molar-refractivity contribution in [3.05, 3.63) is 60.2 Å². The van der Waals surface area contributed by atoms with Gasteiger partial charge in [-0.3, -0.25) is 0 Å². The van der Waals surface area contributed by atoms with Gasteiger partial charge in [0.2, 0.25) is 0 Å². The minimum absolute atomic E-state index is 0. The molecule has 1 atom stereocenters. The van der Waals surface area contributed by atoms with Gasteiger partial charge < -0.3 is 15.2 Å². The Morgan fingerprint density at radius 2 is 1.45 bits per heavy atom. The van der Waals surface area contributed by atoms with Crippen LogP contribution in [0.25, 0.3) is 0 Å². The minimum atomic E-state index is 0. The fourth-order valence-electron chi connectivity index (χ4n) is 1.99. The molecule has 2 aromatic carbocycles. The highest BCUT2D eigenvalue weighted by atomic mass is 35.5. The third kappa shape index (κ3) is 6.37. The molecule has 2 N–H and O–H groups in total. The van der Waals surface area contributed by atoms with E-state index in [0.29, 0.717) is 13.2 Å². The second-order valence-electron chi connectivity index (χ2n) is 5.08. The number of unbranched alkanes of at least 4 members (excludes halogenated alkanes) is 1. The van der Waals surface area contributed by atoms with Crippen molar-refractivity contribution in [3.63, 3.8) is 0 Å². The van der Waals surface area contributed by atoms with E-state index in [1.165, 1.54) is 0 Å². The number of nitrogens with two attached hydrogens (primary N) is 1. The number of halogens is 1. The summed E-state index contributed by atoms with van der Waals surface area (Å²) in [5.74, 6) is 1.80. The molecule has 0 fully saturated rings. The summed E-state index contributed by atoms with van der Waals surface area (Å²) in [5.41, 5.74) is 6.96. The van der Waals surface area contributed by atoms with Crippen LogP contribution in [0.1, 0.15) is 31.4 Å². The van der Waals surface area contributed by atoms with E-state index >= 15 is 0 Å². The SMILES string of the molecule is CC(N)c1cccc(OCCCCOc2ccccc2)c1.Cl. The summed E-state index contributed by atoms with van der Waals surface area (Å²) in [5, 5.41) is 0. The van der Waals surface area contributed by atoms with Crippen molar-refractivity contribution in [2.45, 2.75) is 25.8 Å². The predicted octanol–water partition coefficient (Wildman–Crippen LogP) is 4.37. The Bertz CT molecular complexity index is 532. The first-order valence-corrected chi connectivity index (χ1v) is 7.42. The van der Waals surface area contributed by atoms with E-state index in [4.69, 9.17) is 15.2 Å². The lowest BCUT2D eigenvalue weighted by Crippen LogP contribution is -2.06. The number of para-hydroxylation sites is 1. The molecule has 2 rings (SSSR count). The van der Waals surface area contributed by atoms with Gasteiger partial charge in [-0.2, -0.15) is 0 Å². The summed E-state index contributed by atoms with van der Waals surface area (Å²) in [6.45, 7) is 3.38. The molecule has 0 amide bonds. The molecule has 120 valence electrons. The van der Waals surface area contributed by atoms with Crippen molar-refractivity contribution >= 4 is 12.4 Å². The zero-order valence-corrected chi connectivity index (χ0v) is 13.7. The summed E-state index contributed by atoms with van der Waals surface area (Å²) in [6, 6.07) is 17.9. The summed E-state index contributed by atoms with van der Waals surface area (Å²) in [4.78, 5) is 0. The van der Waals surface area contributed by atoms with Gasteiger partial charge in [0, 0.05) is 6.04 Å². The van der Waals surface area contributed by atoms with Crippen molar-refractivity contribution < 1.29 is 9.47 Å². The lowest BCUT2D eigenvalue weighted by atomic mass is 10.1. The van der Waals surface area contributed by atoms with Gasteiger partial charge in [-0.1, -0.05) is 30.3 Å². The fraction of sp³-hybridized carbons (Fsp3) is 0.333. The Hall–Kier alpha value is -1.71. The van der Waals surface area contributed by atoms with E-state index in [0.717, 1.165) is 29.9 Å². The normalized spacial score (nSPS) is 11.4. The summed E-state index contributed by atoms with van der Waals surface area (Å²) in [6.07, 6.45) is 1.94. The topological polar surface area (TPSA) is 44.5 Å². The average molecular weight is 322 g/mol. The molecule has 0 saturated heterocycles. The molecule has 0 aliphatic heterocycles. The lowest BCUT2D eigenvalue weighted by Gasteiger charge is -2.10. The van der Waals surface area contributed by atoms with Gasteiger partial charge in [-0.25, -0.2) is 0 Å². The van der Waals surface area contributed by atoms with Crippen LogP contribution in [0.15, 0.2) is 54.6 Å². The molecule has 0 spiro atoms. The largest absolute Gasteiger partial charge is 0.494 e. The molecular formula is C18H24ClNO2. The van der Waals surface area contributed by atoms with Crippen molar-refractivity contribution in [2.24, 2.45) is 5.73 Å². The van der Waals surface area contributed by atoms with Crippen molar-refractivity contribution in [1.29, 1.82) is 0 Å². The highest BCUT2D eigenvalue weighted by molar-refractivity contribution is 5.85. The summed E-state index contributed by atoms with van der Waals surface area (Å²) in [7, 11) is 0. The van der Waals surface area contributed by atoms with E-state index < -0.39 is 0 Å². The number of hydrogen-bond donors (Lipinski definition) is 1. The zero-order chi connectivity index (χ0) is 14.9. The molecule has 1 unspecified atom stereocenters. The average Bonchev–Trinajstić information content (AvgIpc) is 2.52. The smallest absolute Gasteiger partial charge is 0.119 e. The fourth-order valence-corrected chi connectivity index (χ4v) is 1.99. The van der Waals surface area contributed by atoms with Crippen LogP contribution in [0.5, 0.6) is 11.5 Å². The molecule has 0 heterocycles. The van der Waals surface area contributed by atoms with Crippen LogP contribution in [-0.2, 0) is 0 Å². The Morgan fingerprint density at radius 1 is 0.864 bits per heavy atom. The van der Waals surface area contributed by atoms with Crippen LogP contribution in [0.3, 0.4) is 0 Å². The molecule has 0 bridgehead atoms. The Kier molecular flexibility index (Phi) is 8.41. The van der Waals surface area contributed by atoms with E-state index in [1.54, 1.807) is 0 Å². The van der Waals surface area contributed by atoms with Crippen LogP contribution >= 0.6 is 12.4 Å². The van der Waals surface area contributed by atoms with E-state index in [9.17, 15) is 0 Å². The van der Waals surface area contributed by atoms with Gasteiger partial charge in [-0.15, -0.1) is 12.4 Å². The maximum atomic E-state index is 5.86. The summed E-state index contributed by atoms with van der Waals surface area (Å²) >= 11 is 0. The van der Waals surface area contributed by atoms with E-state index in [1.807, 2.05) is 61.5 Å². The minimum Gasteiger partial charge on any atom is -0.494 e. The van der Waals surface area contributed by atoms with Gasteiger partial charge in [0.1, 0.15) is 11.5 Å². The molecule has 2 aromatic rings. The Labute approximate surface area is 138 Å². The van der Waals surface area contributed by atoms with Crippen molar-refractivity contribution in [2.75, 3.05) is 13.2 Å². The maximum Gasteiger partial charge on any atom is 0.119 e. The molecule has 3 nitrogen and oxygen atoms in total. The third-order valence-corrected chi connectivity index (χ3v) is 3.20. The molecule has 0 aliphatic rings. The van der Waals surface area contributed by atoms with Gasteiger partial charge in [-0.05, 0) is 49.6 Å². The maximum absolute atomic E-state index is 5.86. The van der Waals surface area contributed by atoms with Crippen LogP contribution in [-0.4, -0.2) is 13.2 Å². The number of ether oxygens (including phenoxy) is 2. The molecule has 0 aliphatic carbocycles. The summed E-state index contributed by atoms with van der Waals surface area (Å²) < 4.78 is 11.4. The van der Waals surface area contributed by atoms with E-state index in [-0.39, 0.29) is 18.4 Å². The quantitative estimate of drug-likeness (QED) is 0.734.